The predicted molar refractivity (Wildman–Crippen MR) is 133 cm³/mol. The number of likely N-dealkylation sites (tertiary alicyclic amines) is 1. The fraction of sp³-hybridized carbons (Fsp3) is 0.682. The molecule has 1 amide bonds. The Morgan fingerprint density at radius 2 is 2.00 bits per heavy atom. The second-order valence-corrected chi connectivity index (χ2v) is 8.43. The summed E-state index contributed by atoms with van der Waals surface area (Å²) in [6.45, 7) is 9.97. The minimum Gasteiger partial charge on any atom is -0.469 e. The molecule has 0 spiro atoms. The van der Waals surface area contributed by atoms with Gasteiger partial charge in [0.2, 0.25) is 0 Å². The highest BCUT2D eigenvalue weighted by Crippen LogP contribution is 2.12. The number of carbonyl (C=O) groups is 2. The number of halogens is 1. The first kappa shape index (κ1) is 28.1. The van der Waals surface area contributed by atoms with Crippen LogP contribution >= 0.6 is 24.0 Å². The van der Waals surface area contributed by atoms with Gasteiger partial charge in [0.05, 0.1) is 25.8 Å². The van der Waals surface area contributed by atoms with Crippen molar-refractivity contribution in [1.82, 2.24) is 15.5 Å². The Labute approximate surface area is 207 Å². The molecule has 1 aliphatic heterocycles. The molecule has 0 aliphatic carbocycles. The number of nitrogens with zero attached hydrogens (tertiary/aromatic N) is 2. The molecule has 2 N–H and O–H groups in total. The average molecular weight is 564 g/mol. The van der Waals surface area contributed by atoms with E-state index in [2.05, 4.69) is 15.6 Å². The summed E-state index contributed by atoms with van der Waals surface area (Å²) in [4.78, 5) is 30.1. The van der Waals surface area contributed by atoms with E-state index in [0.717, 1.165) is 25.0 Å². The standard InChI is InChI=1S/C22H36N4O5.HI/c1-5-29-21(28)26-14-10-17(11-15-26)25-20(23-12-8-18-7-6-16-30-18)24-13-9-19(27)31-22(2,3)4;/h6-7,16-17H,5,8-15H2,1-4H3,(H2,23,24,25);1H. The molecule has 1 saturated heterocycles. The number of amides is 1. The number of hydrogen-bond donors (Lipinski definition) is 2. The van der Waals surface area contributed by atoms with Crippen molar-refractivity contribution in [3.05, 3.63) is 24.2 Å². The van der Waals surface area contributed by atoms with Crippen LogP contribution < -0.4 is 10.6 Å². The molecule has 0 saturated carbocycles. The summed E-state index contributed by atoms with van der Waals surface area (Å²) in [5.41, 5.74) is -0.504. The summed E-state index contributed by atoms with van der Waals surface area (Å²) in [5, 5.41) is 6.73. The number of ether oxygens (including phenoxy) is 2. The van der Waals surface area contributed by atoms with Crippen molar-refractivity contribution in [3.8, 4) is 0 Å². The zero-order valence-electron chi connectivity index (χ0n) is 19.5. The monoisotopic (exact) mass is 564 g/mol. The first-order valence-electron chi connectivity index (χ1n) is 11.0. The molecule has 1 aromatic rings. The maximum atomic E-state index is 12.0. The lowest BCUT2D eigenvalue weighted by atomic mass is 10.1. The van der Waals surface area contributed by atoms with Crippen LogP contribution in [0.4, 0.5) is 4.79 Å². The van der Waals surface area contributed by atoms with Gasteiger partial charge in [0.15, 0.2) is 5.96 Å². The van der Waals surface area contributed by atoms with Gasteiger partial charge in [0, 0.05) is 32.1 Å². The van der Waals surface area contributed by atoms with Gasteiger partial charge in [0.1, 0.15) is 11.4 Å². The molecule has 0 unspecified atom stereocenters. The first-order valence-corrected chi connectivity index (χ1v) is 11.0. The molecule has 0 bridgehead atoms. The van der Waals surface area contributed by atoms with Gasteiger partial charge in [-0.25, -0.2) is 4.79 Å². The number of aliphatic imine (C=N–C) groups is 1. The number of piperidine rings is 1. The molecule has 1 aliphatic rings. The molecule has 32 heavy (non-hydrogen) atoms. The molecule has 0 radical (unpaired) electrons. The fourth-order valence-electron chi connectivity index (χ4n) is 3.18. The molecule has 2 heterocycles. The Bertz CT molecular complexity index is 710. The van der Waals surface area contributed by atoms with E-state index in [4.69, 9.17) is 13.9 Å². The molecule has 1 fully saturated rings. The number of nitrogens with one attached hydrogen (secondary N) is 2. The molecule has 10 heteroatoms. The van der Waals surface area contributed by atoms with Gasteiger partial charge < -0.3 is 29.4 Å². The normalized spacial score (nSPS) is 15.0. The Kier molecular flexibility index (Phi) is 12.5. The van der Waals surface area contributed by atoms with E-state index in [1.807, 2.05) is 32.9 Å². The molecule has 0 aromatic carbocycles. The first-order chi connectivity index (χ1) is 14.8. The van der Waals surface area contributed by atoms with Gasteiger partial charge in [-0.05, 0) is 52.7 Å². The van der Waals surface area contributed by atoms with Crippen LogP contribution in [0.3, 0.4) is 0 Å². The van der Waals surface area contributed by atoms with Crippen LogP contribution in [0, 0.1) is 0 Å². The van der Waals surface area contributed by atoms with Gasteiger partial charge in [-0.3, -0.25) is 9.79 Å². The third kappa shape index (κ3) is 11.1. The van der Waals surface area contributed by atoms with E-state index in [9.17, 15) is 9.59 Å². The molecule has 2 rings (SSSR count). The second-order valence-electron chi connectivity index (χ2n) is 8.43. The van der Waals surface area contributed by atoms with Gasteiger partial charge in [-0.15, -0.1) is 24.0 Å². The summed E-state index contributed by atoms with van der Waals surface area (Å²) in [7, 11) is 0. The van der Waals surface area contributed by atoms with Crippen molar-refractivity contribution >= 4 is 42.0 Å². The van der Waals surface area contributed by atoms with Gasteiger partial charge in [-0.1, -0.05) is 0 Å². The highest BCUT2D eigenvalue weighted by atomic mass is 127. The molecular weight excluding hydrogens is 527 g/mol. The lowest BCUT2D eigenvalue weighted by molar-refractivity contribution is -0.154. The largest absolute Gasteiger partial charge is 0.469 e. The smallest absolute Gasteiger partial charge is 0.409 e. The van der Waals surface area contributed by atoms with Gasteiger partial charge in [0.25, 0.3) is 0 Å². The number of rotatable bonds is 8. The zero-order chi connectivity index (χ0) is 22.7. The summed E-state index contributed by atoms with van der Waals surface area (Å²) in [6.07, 6.45) is 3.92. The van der Waals surface area contributed by atoms with Crippen molar-refractivity contribution in [2.24, 2.45) is 4.99 Å². The van der Waals surface area contributed by atoms with E-state index in [-0.39, 0.29) is 48.5 Å². The molecule has 182 valence electrons. The third-order valence-electron chi connectivity index (χ3n) is 4.61. The van der Waals surface area contributed by atoms with E-state index < -0.39 is 5.60 Å². The van der Waals surface area contributed by atoms with Crippen LogP contribution in [0.25, 0.3) is 0 Å². The Morgan fingerprint density at radius 3 is 2.59 bits per heavy atom. The number of guanidine groups is 1. The molecule has 0 atom stereocenters. The fourth-order valence-corrected chi connectivity index (χ4v) is 3.18. The highest BCUT2D eigenvalue weighted by molar-refractivity contribution is 14.0. The third-order valence-corrected chi connectivity index (χ3v) is 4.61. The Balaban J connectivity index is 0.00000512. The van der Waals surface area contributed by atoms with Crippen LogP contribution in [0.5, 0.6) is 0 Å². The van der Waals surface area contributed by atoms with Crippen LogP contribution in [0.2, 0.25) is 0 Å². The van der Waals surface area contributed by atoms with Gasteiger partial charge in [-0.2, -0.15) is 0 Å². The average Bonchev–Trinajstić information content (AvgIpc) is 3.20. The van der Waals surface area contributed by atoms with E-state index in [1.54, 1.807) is 18.1 Å². The van der Waals surface area contributed by atoms with Crippen LogP contribution in [-0.4, -0.2) is 67.4 Å². The van der Waals surface area contributed by atoms with Crippen molar-refractivity contribution in [1.29, 1.82) is 0 Å². The minimum atomic E-state index is -0.504. The van der Waals surface area contributed by atoms with E-state index in [1.165, 1.54) is 0 Å². The quantitative estimate of drug-likeness (QED) is 0.216. The molecular formula is C22H37IN4O5. The SMILES string of the molecule is CCOC(=O)N1CCC(NC(=NCCC(=O)OC(C)(C)C)NCCc2ccco2)CC1.I. The van der Waals surface area contributed by atoms with Crippen molar-refractivity contribution in [2.75, 3.05) is 32.8 Å². The summed E-state index contributed by atoms with van der Waals surface area (Å²) >= 11 is 0. The van der Waals surface area contributed by atoms with Crippen LogP contribution in [0.1, 0.15) is 52.7 Å². The second kappa shape index (κ2) is 14.2. The number of carbonyl (C=O) groups excluding carboxylic acids is 2. The lowest BCUT2D eigenvalue weighted by Crippen LogP contribution is -2.50. The number of hydrogen-bond acceptors (Lipinski definition) is 6. The highest BCUT2D eigenvalue weighted by Gasteiger charge is 2.24. The minimum absolute atomic E-state index is 0. The van der Waals surface area contributed by atoms with E-state index in [0.29, 0.717) is 38.7 Å². The number of esters is 1. The van der Waals surface area contributed by atoms with Crippen molar-refractivity contribution in [3.63, 3.8) is 0 Å². The summed E-state index contributed by atoms with van der Waals surface area (Å²) in [5.74, 6) is 1.27. The summed E-state index contributed by atoms with van der Waals surface area (Å²) < 4.78 is 15.8. The number of furan rings is 1. The maximum Gasteiger partial charge on any atom is 0.409 e. The Morgan fingerprint density at radius 1 is 1.28 bits per heavy atom. The predicted octanol–water partition coefficient (Wildman–Crippen LogP) is 3.33. The molecule has 9 nitrogen and oxygen atoms in total. The van der Waals surface area contributed by atoms with Crippen LogP contribution in [-0.2, 0) is 20.7 Å². The van der Waals surface area contributed by atoms with Crippen molar-refractivity contribution in [2.45, 2.75) is 65.0 Å². The Hall–Kier alpha value is -1.98. The zero-order valence-corrected chi connectivity index (χ0v) is 21.8. The summed E-state index contributed by atoms with van der Waals surface area (Å²) in [6, 6.07) is 3.97. The van der Waals surface area contributed by atoms with Gasteiger partial charge >= 0.3 is 12.1 Å². The lowest BCUT2D eigenvalue weighted by Gasteiger charge is -2.32. The van der Waals surface area contributed by atoms with Crippen molar-refractivity contribution < 1.29 is 23.5 Å². The topological polar surface area (TPSA) is 105 Å². The van der Waals surface area contributed by atoms with E-state index >= 15 is 0 Å². The maximum absolute atomic E-state index is 12.0. The van der Waals surface area contributed by atoms with Crippen LogP contribution in [0.15, 0.2) is 27.8 Å². The molecule has 1 aromatic heterocycles.